The van der Waals surface area contributed by atoms with Gasteiger partial charge < -0.3 is 5.73 Å². The van der Waals surface area contributed by atoms with Crippen molar-refractivity contribution in [1.29, 1.82) is 0 Å². The van der Waals surface area contributed by atoms with Crippen LogP contribution >= 0.6 is 0 Å². The second-order valence-corrected chi connectivity index (χ2v) is 2.37. The predicted molar refractivity (Wildman–Crippen MR) is 38.2 cm³/mol. The molecule has 2 N–H and O–H groups in total. The van der Waals surface area contributed by atoms with Crippen LogP contribution in [0.15, 0.2) is 18.3 Å². The van der Waals surface area contributed by atoms with E-state index >= 15 is 0 Å². The van der Waals surface area contributed by atoms with Gasteiger partial charge in [-0.15, -0.1) is 0 Å². The van der Waals surface area contributed by atoms with Crippen molar-refractivity contribution in [1.82, 2.24) is 4.98 Å². The van der Waals surface area contributed by atoms with Crippen molar-refractivity contribution in [2.75, 3.05) is 5.73 Å². The highest BCUT2D eigenvalue weighted by molar-refractivity contribution is 5.35. The van der Waals surface area contributed by atoms with Crippen LogP contribution in [-0.4, -0.2) is 4.98 Å². The van der Waals surface area contributed by atoms with Gasteiger partial charge in [-0.05, 0) is 12.1 Å². The number of hydrogen-bond acceptors (Lipinski definition) is 2. The first kappa shape index (κ1) is 7.91. The van der Waals surface area contributed by atoms with Crippen molar-refractivity contribution in [3.8, 4) is 0 Å². The number of alkyl halides is 2. The minimum Gasteiger partial charge on any atom is -0.397 e. The lowest BCUT2D eigenvalue weighted by Gasteiger charge is -2.08. The zero-order chi connectivity index (χ0) is 8.48. The molecule has 1 aromatic rings. The molecule has 0 bridgehead atoms. The minimum absolute atomic E-state index is 0.258. The number of pyridine rings is 1. The van der Waals surface area contributed by atoms with Gasteiger partial charge in [0.25, 0.3) is 5.92 Å². The largest absolute Gasteiger partial charge is 0.397 e. The molecule has 0 aliphatic carbocycles. The second kappa shape index (κ2) is 2.45. The van der Waals surface area contributed by atoms with Gasteiger partial charge in [0.15, 0.2) is 0 Å². The maximum absolute atomic E-state index is 12.5. The predicted octanol–water partition coefficient (Wildman–Crippen LogP) is 1.78. The van der Waals surface area contributed by atoms with E-state index in [4.69, 9.17) is 5.73 Å². The standard InChI is InChI=1S/C7H8F2N2/c1-7(8,9)6-3-2-5(10)4-11-6/h2-4H,10H2,1H3. The Morgan fingerprint density at radius 1 is 1.45 bits per heavy atom. The Morgan fingerprint density at radius 2 is 2.09 bits per heavy atom. The van der Waals surface area contributed by atoms with Gasteiger partial charge in [0.2, 0.25) is 0 Å². The lowest BCUT2D eigenvalue weighted by Crippen LogP contribution is -2.09. The highest BCUT2D eigenvalue weighted by atomic mass is 19.3. The van der Waals surface area contributed by atoms with Crippen LogP contribution in [0.25, 0.3) is 0 Å². The molecule has 0 aliphatic rings. The van der Waals surface area contributed by atoms with Gasteiger partial charge in [-0.3, -0.25) is 4.98 Å². The molecule has 4 heteroatoms. The summed E-state index contributed by atoms with van der Waals surface area (Å²) in [5.41, 5.74) is 5.39. The highest BCUT2D eigenvalue weighted by Gasteiger charge is 2.25. The summed E-state index contributed by atoms with van der Waals surface area (Å²) in [7, 11) is 0. The Balaban J connectivity index is 2.99. The summed E-state index contributed by atoms with van der Waals surface area (Å²) in [4.78, 5) is 3.47. The normalized spacial score (nSPS) is 11.5. The van der Waals surface area contributed by atoms with Gasteiger partial charge in [0, 0.05) is 6.92 Å². The Labute approximate surface area is 63.1 Å². The number of hydrogen-bond donors (Lipinski definition) is 1. The molecule has 60 valence electrons. The summed E-state index contributed by atoms with van der Waals surface area (Å²) in [6.07, 6.45) is 1.22. The Bertz CT molecular complexity index is 238. The Hall–Kier alpha value is -1.19. The van der Waals surface area contributed by atoms with Crippen molar-refractivity contribution in [2.45, 2.75) is 12.8 Å². The van der Waals surface area contributed by atoms with Crippen molar-refractivity contribution >= 4 is 5.69 Å². The number of halogens is 2. The summed E-state index contributed by atoms with van der Waals surface area (Å²) in [6.45, 7) is 0.797. The van der Waals surface area contributed by atoms with Gasteiger partial charge in [-0.2, -0.15) is 8.78 Å². The third-order valence-electron chi connectivity index (χ3n) is 1.24. The number of nitrogen functional groups attached to an aromatic ring is 1. The van der Waals surface area contributed by atoms with Crippen LogP contribution < -0.4 is 5.73 Å². The van der Waals surface area contributed by atoms with Crippen LogP contribution in [0.1, 0.15) is 12.6 Å². The smallest absolute Gasteiger partial charge is 0.286 e. The van der Waals surface area contributed by atoms with Crippen molar-refractivity contribution in [3.63, 3.8) is 0 Å². The number of nitrogens with two attached hydrogens (primary N) is 1. The van der Waals surface area contributed by atoms with Gasteiger partial charge in [0.05, 0.1) is 11.9 Å². The molecule has 0 fully saturated rings. The number of nitrogens with zero attached hydrogens (tertiary/aromatic N) is 1. The summed E-state index contributed by atoms with van der Waals surface area (Å²) in [6, 6.07) is 2.62. The summed E-state index contributed by atoms with van der Waals surface area (Å²) >= 11 is 0. The SMILES string of the molecule is CC(F)(F)c1ccc(N)cn1. The molecule has 0 saturated heterocycles. The fourth-order valence-corrected chi connectivity index (χ4v) is 0.665. The van der Waals surface area contributed by atoms with Gasteiger partial charge in [-0.25, -0.2) is 0 Å². The fourth-order valence-electron chi connectivity index (χ4n) is 0.665. The Kier molecular flexibility index (Phi) is 1.76. The maximum Gasteiger partial charge on any atom is 0.286 e. The number of rotatable bonds is 1. The van der Waals surface area contributed by atoms with Crippen LogP contribution in [-0.2, 0) is 5.92 Å². The summed E-state index contributed by atoms with van der Waals surface area (Å²) < 4.78 is 25.0. The second-order valence-electron chi connectivity index (χ2n) is 2.37. The van der Waals surface area contributed by atoms with Crippen LogP contribution in [0.4, 0.5) is 14.5 Å². The average molecular weight is 158 g/mol. The zero-order valence-corrected chi connectivity index (χ0v) is 6.01. The fraction of sp³-hybridized carbons (Fsp3) is 0.286. The molecular weight excluding hydrogens is 150 g/mol. The van der Waals surface area contributed by atoms with E-state index in [0.717, 1.165) is 6.92 Å². The lowest BCUT2D eigenvalue weighted by molar-refractivity contribution is 0.0128. The zero-order valence-electron chi connectivity index (χ0n) is 6.01. The molecule has 0 unspecified atom stereocenters. The van der Waals surface area contributed by atoms with E-state index in [1.54, 1.807) is 0 Å². The van der Waals surface area contributed by atoms with Crippen LogP contribution in [0, 0.1) is 0 Å². The molecule has 2 nitrogen and oxygen atoms in total. The lowest BCUT2D eigenvalue weighted by atomic mass is 10.2. The van der Waals surface area contributed by atoms with E-state index in [1.807, 2.05) is 0 Å². The van der Waals surface area contributed by atoms with Crippen molar-refractivity contribution in [3.05, 3.63) is 24.0 Å². The van der Waals surface area contributed by atoms with E-state index in [9.17, 15) is 8.78 Å². The van der Waals surface area contributed by atoms with Gasteiger partial charge in [-0.1, -0.05) is 0 Å². The molecule has 0 atom stereocenters. The molecule has 11 heavy (non-hydrogen) atoms. The third-order valence-corrected chi connectivity index (χ3v) is 1.24. The number of anilines is 1. The summed E-state index contributed by atoms with van der Waals surface area (Å²) in [5, 5.41) is 0. The first-order valence-electron chi connectivity index (χ1n) is 3.10. The topological polar surface area (TPSA) is 38.9 Å². The molecule has 0 aliphatic heterocycles. The first-order valence-corrected chi connectivity index (χ1v) is 3.10. The van der Waals surface area contributed by atoms with Crippen molar-refractivity contribution < 1.29 is 8.78 Å². The molecule has 0 amide bonds. The van der Waals surface area contributed by atoms with Crippen LogP contribution in [0.3, 0.4) is 0 Å². The summed E-state index contributed by atoms with van der Waals surface area (Å²) in [5.74, 6) is -2.88. The van der Waals surface area contributed by atoms with Crippen LogP contribution in [0.5, 0.6) is 0 Å². The van der Waals surface area contributed by atoms with E-state index in [2.05, 4.69) is 4.98 Å². The van der Waals surface area contributed by atoms with E-state index in [1.165, 1.54) is 18.3 Å². The third kappa shape index (κ3) is 1.86. The molecule has 1 aromatic heterocycles. The average Bonchev–Trinajstić information content (AvgIpc) is 1.86. The van der Waals surface area contributed by atoms with Crippen molar-refractivity contribution in [2.24, 2.45) is 0 Å². The molecule has 0 saturated carbocycles. The first-order chi connectivity index (χ1) is 5.00. The van der Waals surface area contributed by atoms with E-state index in [0.29, 0.717) is 5.69 Å². The van der Waals surface area contributed by atoms with Gasteiger partial charge >= 0.3 is 0 Å². The molecule has 0 radical (unpaired) electrons. The van der Waals surface area contributed by atoms with Crippen LogP contribution in [0.2, 0.25) is 0 Å². The molecule has 0 aromatic carbocycles. The van der Waals surface area contributed by atoms with Gasteiger partial charge in [0.1, 0.15) is 5.69 Å². The minimum atomic E-state index is -2.88. The maximum atomic E-state index is 12.5. The monoisotopic (exact) mass is 158 g/mol. The Morgan fingerprint density at radius 3 is 2.45 bits per heavy atom. The molecule has 1 heterocycles. The quantitative estimate of drug-likeness (QED) is 0.676. The molecular formula is C7H8F2N2. The van der Waals surface area contributed by atoms with E-state index in [-0.39, 0.29) is 5.69 Å². The molecule has 0 spiro atoms. The highest BCUT2D eigenvalue weighted by Crippen LogP contribution is 2.24. The number of aromatic nitrogens is 1. The molecule has 1 rings (SSSR count). The van der Waals surface area contributed by atoms with E-state index < -0.39 is 5.92 Å².